The molecule has 3 aromatic heterocycles. The van der Waals surface area contributed by atoms with Crippen LogP contribution in [0.4, 0.5) is 15.9 Å². The topological polar surface area (TPSA) is 164 Å². The van der Waals surface area contributed by atoms with E-state index in [9.17, 15) is 19.2 Å². The molecular weight excluding hydrogens is 501 g/mol. The van der Waals surface area contributed by atoms with Gasteiger partial charge in [-0.1, -0.05) is 12.8 Å². The average molecular weight is 534 g/mol. The summed E-state index contributed by atoms with van der Waals surface area (Å²) in [5.41, 5.74) is 7.36. The summed E-state index contributed by atoms with van der Waals surface area (Å²) < 4.78 is 16.3. The number of amides is 2. The maximum Gasteiger partial charge on any atom is 0.255 e. The molecule has 3 heterocycles. The third kappa shape index (κ3) is 5.48. The van der Waals surface area contributed by atoms with Gasteiger partial charge >= 0.3 is 0 Å². The smallest absolute Gasteiger partial charge is 0.255 e. The van der Waals surface area contributed by atoms with E-state index in [-0.39, 0.29) is 35.2 Å². The monoisotopic (exact) mass is 533 g/mol. The van der Waals surface area contributed by atoms with Crippen molar-refractivity contribution in [3.63, 3.8) is 0 Å². The molecule has 11 nitrogen and oxygen atoms in total. The molecule has 39 heavy (non-hydrogen) atoms. The fourth-order valence-corrected chi connectivity index (χ4v) is 5.51. The van der Waals surface area contributed by atoms with Gasteiger partial charge in [0.1, 0.15) is 18.1 Å². The van der Waals surface area contributed by atoms with Gasteiger partial charge in [-0.3, -0.25) is 9.59 Å². The molecular formula is C27H32FN9O2. The Labute approximate surface area is 225 Å². The molecule has 12 heteroatoms. The molecule has 204 valence electrons. The number of rotatable bonds is 6. The minimum Gasteiger partial charge on any atom is -0.383 e. The molecule has 2 fully saturated rings. The van der Waals surface area contributed by atoms with Crippen LogP contribution in [0.1, 0.15) is 67.3 Å². The molecule has 2 aliphatic rings. The van der Waals surface area contributed by atoms with Crippen LogP contribution < -0.4 is 21.7 Å². The SMILES string of the molecule is CNC(=O)[C@H]1CC[C@H](NC(=O)c2cnc(-n3ncc4cc(C#N)c(N)nc43)cc2N[C@@H]2CCCC[C@H]2F)CC1. The third-order valence-corrected chi connectivity index (χ3v) is 7.75. The Morgan fingerprint density at radius 1 is 1.13 bits per heavy atom. The summed E-state index contributed by atoms with van der Waals surface area (Å²) in [7, 11) is 1.64. The number of nitrogen functional groups attached to an aromatic ring is 1. The maximum absolute atomic E-state index is 14.8. The highest BCUT2D eigenvalue weighted by atomic mass is 19.1. The molecule has 2 aliphatic carbocycles. The number of hydrogen-bond donors (Lipinski definition) is 4. The van der Waals surface area contributed by atoms with E-state index >= 15 is 0 Å². The number of hydrogen-bond acceptors (Lipinski definition) is 8. The van der Waals surface area contributed by atoms with Crippen molar-refractivity contribution in [3.05, 3.63) is 35.7 Å². The van der Waals surface area contributed by atoms with Gasteiger partial charge in [-0.15, -0.1) is 0 Å². The van der Waals surface area contributed by atoms with E-state index in [1.165, 1.54) is 10.9 Å². The van der Waals surface area contributed by atoms with Crippen LogP contribution in [0, 0.1) is 17.2 Å². The first kappa shape index (κ1) is 26.3. The van der Waals surface area contributed by atoms with Crippen molar-refractivity contribution in [1.82, 2.24) is 30.4 Å². The number of nitrogens with zero attached hydrogens (tertiary/aromatic N) is 5. The fraction of sp³-hybridized carbons (Fsp3) is 0.481. The first-order valence-electron chi connectivity index (χ1n) is 13.4. The normalized spacial score (nSPS) is 23.1. The molecule has 0 aliphatic heterocycles. The molecule has 0 radical (unpaired) electrons. The Hall–Kier alpha value is -4.27. The number of pyridine rings is 2. The van der Waals surface area contributed by atoms with Crippen molar-refractivity contribution in [2.45, 2.75) is 69.6 Å². The second-order valence-corrected chi connectivity index (χ2v) is 10.3. The van der Waals surface area contributed by atoms with Gasteiger partial charge in [0.05, 0.1) is 29.1 Å². The fourth-order valence-electron chi connectivity index (χ4n) is 5.51. The van der Waals surface area contributed by atoms with Crippen LogP contribution in [0.2, 0.25) is 0 Å². The molecule has 5 rings (SSSR count). The molecule has 2 amide bonds. The van der Waals surface area contributed by atoms with Crippen LogP contribution in [0.5, 0.6) is 0 Å². The number of nitrogens with one attached hydrogen (secondary N) is 3. The van der Waals surface area contributed by atoms with Crippen molar-refractivity contribution >= 4 is 34.4 Å². The van der Waals surface area contributed by atoms with E-state index in [1.54, 1.807) is 25.4 Å². The largest absolute Gasteiger partial charge is 0.383 e. The summed E-state index contributed by atoms with van der Waals surface area (Å²) in [6.45, 7) is 0. The minimum absolute atomic E-state index is 0.0329. The summed E-state index contributed by atoms with van der Waals surface area (Å²) in [4.78, 5) is 34.2. The van der Waals surface area contributed by atoms with E-state index in [2.05, 4.69) is 31.0 Å². The quantitative estimate of drug-likeness (QED) is 0.376. The zero-order valence-corrected chi connectivity index (χ0v) is 21.8. The summed E-state index contributed by atoms with van der Waals surface area (Å²) in [6, 6.07) is 4.80. The lowest BCUT2D eigenvalue weighted by atomic mass is 9.85. The van der Waals surface area contributed by atoms with Gasteiger partial charge in [0.25, 0.3) is 5.91 Å². The van der Waals surface area contributed by atoms with Crippen LogP contribution in [0.25, 0.3) is 16.9 Å². The number of anilines is 2. The Kier molecular flexibility index (Phi) is 7.58. The third-order valence-electron chi connectivity index (χ3n) is 7.75. The zero-order chi connectivity index (χ0) is 27.5. The first-order chi connectivity index (χ1) is 18.9. The highest BCUT2D eigenvalue weighted by molar-refractivity contribution is 6.00. The molecule has 0 aromatic carbocycles. The Morgan fingerprint density at radius 2 is 1.90 bits per heavy atom. The summed E-state index contributed by atoms with van der Waals surface area (Å²) in [6.07, 6.45) is 7.67. The van der Waals surface area contributed by atoms with E-state index in [0.717, 1.165) is 12.8 Å². The van der Waals surface area contributed by atoms with Crippen molar-refractivity contribution < 1.29 is 14.0 Å². The lowest BCUT2D eigenvalue weighted by Crippen LogP contribution is -2.41. The van der Waals surface area contributed by atoms with E-state index in [0.29, 0.717) is 66.6 Å². The molecule has 0 unspecified atom stereocenters. The van der Waals surface area contributed by atoms with Gasteiger partial charge in [0, 0.05) is 36.7 Å². The van der Waals surface area contributed by atoms with Crippen molar-refractivity contribution in [1.29, 1.82) is 5.26 Å². The minimum atomic E-state index is -1.03. The highest BCUT2D eigenvalue weighted by Crippen LogP contribution is 2.29. The summed E-state index contributed by atoms with van der Waals surface area (Å²) in [5, 5.41) is 23.3. The first-order valence-corrected chi connectivity index (χ1v) is 13.4. The van der Waals surface area contributed by atoms with Gasteiger partial charge in [-0.2, -0.15) is 15.0 Å². The number of nitrogens with two attached hydrogens (primary N) is 1. The van der Waals surface area contributed by atoms with E-state index in [1.807, 2.05) is 6.07 Å². The van der Waals surface area contributed by atoms with Crippen LogP contribution in [-0.4, -0.2) is 56.9 Å². The molecule has 0 saturated heterocycles. The number of nitriles is 1. The summed E-state index contributed by atoms with van der Waals surface area (Å²) in [5.74, 6) is 0.139. The van der Waals surface area contributed by atoms with Crippen molar-refractivity contribution in [2.75, 3.05) is 18.1 Å². The molecule has 2 atom stereocenters. The van der Waals surface area contributed by atoms with Crippen LogP contribution in [-0.2, 0) is 4.79 Å². The van der Waals surface area contributed by atoms with Gasteiger partial charge < -0.3 is 21.7 Å². The number of carbonyl (C=O) groups excluding carboxylic acids is 2. The lowest BCUT2D eigenvalue weighted by molar-refractivity contribution is -0.125. The second kappa shape index (κ2) is 11.2. The van der Waals surface area contributed by atoms with Crippen LogP contribution in [0.15, 0.2) is 24.5 Å². The zero-order valence-electron chi connectivity index (χ0n) is 21.8. The van der Waals surface area contributed by atoms with Gasteiger partial charge in [-0.05, 0) is 44.6 Å². The Balaban J connectivity index is 1.43. The van der Waals surface area contributed by atoms with Crippen molar-refractivity contribution in [3.8, 4) is 11.9 Å². The van der Waals surface area contributed by atoms with Crippen molar-refractivity contribution in [2.24, 2.45) is 5.92 Å². The molecule has 0 bridgehead atoms. The van der Waals surface area contributed by atoms with Gasteiger partial charge in [0.2, 0.25) is 5.91 Å². The van der Waals surface area contributed by atoms with Crippen LogP contribution in [0.3, 0.4) is 0 Å². The molecule has 5 N–H and O–H groups in total. The number of alkyl halides is 1. The maximum atomic E-state index is 14.8. The van der Waals surface area contributed by atoms with Crippen LogP contribution >= 0.6 is 0 Å². The number of carbonyl (C=O) groups is 2. The standard InChI is InChI=1S/C27H32FN9O2/c1-31-26(38)15-6-8-18(9-7-15)34-27(39)19-14-32-23(11-22(19)35-21-5-3-2-4-20(21)28)37-25-17(13-33-37)10-16(12-29)24(30)36-25/h10-11,13-15,18,20-21H,2-9H2,1H3,(H2,30,36)(H,31,38)(H,32,35)(H,34,39)/t15-,18-,20-,21-/m1/s1. The molecule has 3 aromatic rings. The van der Waals surface area contributed by atoms with E-state index < -0.39 is 12.2 Å². The predicted molar refractivity (Wildman–Crippen MR) is 144 cm³/mol. The Morgan fingerprint density at radius 3 is 2.62 bits per heavy atom. The molecule has 2 saturated carbocycles. The number of halogens is 1. The Bertz CT molecular complexity index is 1420. The molecule has 0 spiro atoms. The summed E-state index contributed by atoms with van der Waals surface area (Å²) >= 11 is 0. The van der Waals surface area contributed by atoms with E-state index in [4.69, 9.17) is 5.73 Å². The number of aromatic nitrogens is 4. The van der Waals surface area contributed by atoms with Gasteiger partial charge in [0.15, 0.2) is 11.5 Å². The highest BCUT2D eigenvalue weighted by Gasteiger charge is 2.29. The lowest BCUT2D eigenvalue weighted by Gasteiger charge is -2.30. The average Bonchev–Trinajstić information content (AvgIpc) is 3.36. The number of fused-ring (bicyclic) bond motifs is 1. The second-order valence-electron chi connectivity index (χ2n) is 10.3. The van der Waals surface area contributed by atoms with Gasteiger partial charge in [-0.25, -0.2) is 14.4 Å². The predicted octanol–water partition coefficient (Wildman–Crippen LogP) is 3.00.